The predicted octanol–water partition coefficient (Wildman–Crippen LogP) is 1.71. The Balaban J connectivity index is 2.07. The van der Waals surface area contributed by atoms with E-state index in [2.05, 4.69) is 11.9 Å². The highest BCUT2D eigenvalue weighted by Gasteiger charge is 2.41. The van der Waals surface area contributed by atoms with Crippen LogP contribution in [0.3, 0.4) is 0 Å². The first-order chi connectivity index (χ1) is 7.39. The van der Waals surface area contributed by atoms with Crippen LogP contribution in [0.15, 0.2) is 0 Å². The minimum absolute atomic E-state index is 0.199. The fraction of sp³-hybridized carbons (Fsp3) is 0.923. The molecule has 0 radical (unpaired) electrons. The minimum atomic E-state index is -0.199. The maximum atomic E-state index is 12.3. The second kappa shape index (κ2) is 4.11. The second-order valence-corrected chi connectivity index (χ2v) is 6.29. The Morgan fingerprint density at radius 3 is 2.12 bits per heavy atom. The molecular weight excluding hydrogens is 202 g/mol. The van der Waals surface area contributed by atoms with Crippen LogP contribution in [0.25, 0.3) is 0 Å². The van der Waals surface area contributed by atoms with Crippen molar-refractivity contribution in [1.82, 2.24) is 4.90 Å². The Kier molecular flexibility index (Phi) is 3.10. The van der Waals surface area contributed by atoms with Gasteiger partial charge < -0.3 is 4.74 Å². The van der Waals surface area contributed by atoms with Gasteiger partial charge in [0.25, 0.3) is 0 Å². The van der Waals surface area contributed by atoms with Gasteiger partial charge in [0.15, 0.2) is 0 Å². The van der Waals surface area contributed by atoms with E-state index in [0.717, 1.165) is 26.1 Å². The summed E-state index contributed by atoms with van der Waals surface area (Å²) in [5.74, 6) is 0.674. The van der Waals surface area contributed by atoms with Crippen molar-refractivity contribution < 1.29 is 9.53 Å². The molecule has 0 saturated carbocycles. The van der Waals surface area contributed by atoms with Gasteiger partial charge in [-0.05, 0) is 19.9 Å². The lowest BCUT2D eigenvalue weighted by atomic mass is 9.75. The van der Waals surface area contributed by atoms with Gasteiger partial charge >= 0.3 is 0 Å². The van der Waals surface area contributed by atoms with Gasteiger partial charge in [-0.15, -0.1) is 0 Å². The molecule has 2 saturated heterocycles. The average molecular weight is 225 g/mol. The van der Waals surface area contributed by atoms with E-state index in [1.807, 2.05) is 20.8 Å². The number of fused-ring (bicyclic) bond motifs is 2. The molecule has 2 aliphatic rings. The summed E-state index contributed by atoms with van der Waals surface area (Å²) in [7, 11) is 2.16. The zero-order chi connectivity index (χ0) is 11.9. The monoisotopic (exact) mass is 225 g/mol. The second-order valence-electron chi connectivity index (χ2n) is 6.29. The third-order valence-corrected chi connectivity index (χ3v) is 4.00. The fourth-order valence-corrected chi connectivity index (χ4v) is 2.92. The summed E-state index contributed by atoms with van der Waals surface area (Å²) in [6.45, 7) is 7.67. The molecule has 0 amide bonds. The van der Waals surface area contributed by atoms with Crippen LogP contribution in [0.2, 0.25) is 0 Å². The van der Waals surface area contributed by atoms with E-state index in [1.54, 1.807) is 0 Å². The number of ether oxygens (including phenoxy) is 1. The molecule has 2 aliphatic heterocycles. The highest BCUT2D eigenvalue weighted by Crippen LogP contribution is 2.34. The first kappa shape index (κ1) is 12.1. The summed E-state index contributed by atoms with van der Waals surface area (Å²) < 4.78 is 5.57. The van der Waals surface area contributed by atoms with Crippen molar-refractivity contribution in [2.24, 2.45) is 11.3 Å². The lowest BCUT2D eigenvalue weighted by molar-refractivity contribution is -0.138. The van der Waals surface area contributed by atoms with Crippen LogP contribution < -0.4 is 0 Å². The van der Waals surface area contributed by atoms with E-state index >= 15 is 0 Å². The van der Waals surface area contributed by atoms with E-state index in [1.165, 1.54) is 0 Å². The molecule has 0 aromatic heterocycles. The molecule has 92 valence electrons. The van der Waals surface area contributed by atoms with E-state index in [-0.39, 0.29) is 11.3 Å². The third kappa shape index (κ3) is 2.16. The lowest BCUT2D eigenvalue weighted by Gasteiger charge is -2.47. The van der Waals surface area contributed by atoms with E-state index in [9.17, 15) is 4.79 Å². The van der Waals surface area contributed by atoms with Gasteiger partial charge in [0.05, 0.1) is 13.2 Å². The standard InChI is InChI=1S/C13H23NO2/c1-13(2,3)12(15)9-5-10-7-16-8-11(6-9)14(10)4/h9-11H,5-8H2,1-4H3. The Morgan fingerprint density at radius 1 is 1.19 bits per heavy atom. The number of Topliss-reactive ketones (excluding diaryl/α,β-unsaturated/α-hetero) is 1. The average Bonchev–Trinajstić information content (AvgIpc) is 2.14. The number of rotatable bonds is 1. The SMILES string of the molecule is CN1C2COCC1CC(C(=O)C(C)(C)C)C2. The van der Waals surface area contributed by atoms with Gasteiger partial charge in [0.1, 0.15) is 5.78 Å². The van der Waals surface area contributed by atoms with Crippen molar-refractivity contribution in [3.63, 3.8) is 0 Å². The molecule has 0 aromatic rings. The van der Waals surface area contributed by atoms with Crippen molar-refractivity contribution in [2.45, 2.75) is 45.7 Å². The number of likely N-dealkylation sites (N-methyl/N-ethyl adjacent to an activating group) is 1. The molecule has 0 aromatic carbocycles. The van der Waals surface area contributed by atoms with Crippen molar-refractivity contribution in [3.05, 3.63) is 0 Å². The summed E-state index contributed by atoms with van der Waals surface area (Å²) in [6.07, 6.45) is 1.95. The Bertz CT molecular complexity index is 268. The highest BCUT2D eigenvalue weighted by molar-refractivity contribution is 5.86. The molecule has 2 fully saturated rings. The molecule has 16 heavy (non-hydrogen) atoms. The molecular formula is C13H23NO2. The van der Waals surface area contributed by atoms with Crippen LogP contribution >= 0.6 is 0 Å². The molecule has 3 heteroatoms. The highest BCUT2D eigenvalue weighted by atomic mass is 16.5. The van der Waals surface area contributed by atoms with Gasteiger partial charge in [-0.2, -0.15) is 0 Å². The number of carbonyl (C=O) groups is 1. The molecule has 3 nitrogen and oxygen atoms in total. The number of hydrogen-bond acceptors (Lipinski definition) is 3. The van der Waals surface area contributed by atoms with Crippen molar-refractivity contribution >= 4 is 5.78 Å². The van der Waals surface area contributed by atoms with Gasteiger partial charge in [0, 0.05) is 23.4 Å². The van der Waals surface area contributed by atoms with Crippen LogP contribution in [0, 0.1) is 11.3 Å². The minimum Gasteiger partial charge on any atom is -0.378 e. The van der Waals surface area contributed by atoms with Gasteiger partial charge in [-0.1, -0.05) is 20.8 Å². The van der Waals surface area contributed by atoms with E-state index in [0.29, 0.717) is 17.9 Å². The maximum Gasteiger partial charge on any atom is 0.141 e. The van der Waals surface area contributed by atoms with Crippen molar-refractivity contribution in [2.75, 3.05) is 20.3 Å². The van der Waals surface area contributed by atoms with Crippen molar-refractivity contribution in [1.29, 1.82) is 0 Å². The third-order valence-electron chi connectivity index (χ3n) is 4.00. The summed E-state index contributed by atoms with van der Waals surface area (Å²) >= 11 is 0. The maximum absolute atomic E-state index is 12.3. The van der Waals surface area contributed by atoms with Crippen LogP contribution in [0.1, 0.15) is 33.6 Å². The lowest BCUT2D eigenvalue weighted by Crippen LogP contribution is -2.56. The quantitative estimate of drug-likeness (QED) is 0.680. The number of ketones is 1. The summed E-state index contributed by atoms with van der Waals surface area (Å²) in [5.41, 5.74) is -0.199. The fourth-order valence-electron chi connectivity index (χ4n) is 2.92. The van der Waals surface area contributed by atoms with E-state index < -0.39 is 0 Å². The van der Waals surface area contributed by atoms with Crippen molar-refractivity contribution in [3.8, 4) is 0 Å². The van der Waals surface area contributed by atoms with Crippen LogP contribution in [-0.2, 0) is 9.53 Å². The summed E-state index contributed by atoms with van der Waals surface area (Å²) in [6, 6.07) is 0.896. The summed E-state index contributed by atoms with van der Waals surface area (Å²) in [5, 5.41) is 0. The number of carbonyl (C=O) groups excluding carboxylic acids is 1. The zero-order valence-corrected chi connectivity index (χ0v) is 10.8. The number of piperidine rings is 1. The van der Waals surface area contributed by atoms with E-state index in [4.69, 9.17) is 4.74 Å². The Morgan fingerprint density at radius 2 is 1.69 bits per heavy atom. The molecule has 0 spiro atoms. The first-order valence-electron chi connectivity index (χ1n) is 6.23. The number of morpholine rings is 1. The molecule has 2 bridgehead atoms. The zero-order valence-electron chi connectivity index (χ0n) is 10.8. The smallest absolute Gasteiger partial charge is 0.141 e. The van der Waals surface area contributed by atoms with Crippen LogP contribution in [0.5, 0.6) is 0 Å². The Hall–Kier alpha value is -0.410. The van der Waals surface area contributed by atoms with Gasteiger partial charge in [-0.25, -0.2) is 0 Å². The topological polar surface area (TPSA) is 29.5 Å². The first-order valence-corrected chi connectivity index (χ1v) is 6.23. The van der Waals surface area contributed by atoms with Gasteiger partial charge in [-0.3, -0.25) is 9.69 Å². The normalized spacial score (nSPS) is 36.1. The number of hydrogen-bond donors (Lipinski definition) is 0. The molecule has 2 atom stereocenters. The molecule has 0 N–H and O–H groups in total. The molecule has 2 heterocycles. The molecule has 0 aliphatic carbocycles. The van der Waals surface area contributed by atoms with Crippen LogP contribution in [-0.4, -0.2) is 43.0 Å². The Labute approximate surface area is 98.1 Å². The molecule has 2 rings (SSSR count). The predicted molar refractivity (Wildman–Crippen MR) is 63.3 cm³/mol. The summed E-state index contributed by atoms with van der Waals surface area (Å²) in [4.78, 5) is 14.7. The van der Waals surface area contributed by atoms with Crippen LogP contribution in [0.4, 0.5) is 0 Å². The largest absolute Gasteiger partial charge is 0.378 e. The number of nitrogens with zero attached hydrogens (tertiary/aromatic N) is 1. The van der Waals surface area contributed by atoms with Gasteiger partial charge in [0.2, 0.25) is 0 Å². The molecule has 2 unspecified atom stereocenters.